The second kappa shape index (κ2) is 14.1. The van der Waals surface area contributed by atoms with Gasteiger partial charge in [-0.3, -0.25) is 18.4 Å². The van der Waals surface area contributed by atoms with Gasteiger partial charge in [0.2, 0.25) is 0 Å². The Hall–Kier alpha value is -5.55. The number of hydrogen-bond donors (Lipinski definition) is 2. The number of hydrogen-bond acceptors (Lipinski definition) is 13. The molecule has 6 aromatic rings. The lowest BCUT2D eigenvalue weighted by atomic mass is 10.3. The molecule has 0 radical (unpaired) electrons. The zero-order chi connectivity index (χ0) is 33.8. The topological polar surface area (TPSA) is 190 Å². The molecule has 2 N–H and O–H groups in total. The van der Waals surface area contributed by atoms with E-state index in [0.29, 0.717) is 56.5 Å². The Labute approximate surface area is 277 Å². The van der Waals surface area contributed by atoms with Crippen LogP contribution in [0.3, 0.4) is 0 Å². The Kier molecular flexibility index (Phi) is 9.49. The number of ether oxygens (including phenoxy) is 6. The summed E-state index contributed by atoms with van der Waals surface area (Å²) in [6, 6.07) is 12.7. The largest absolute Gasteiger partial charge is 0.519 e. The van der Waals surface area contributed by atoms with Gasteiger partial charge in [0.15, 0.2) is 33.3 Å². The lowest BCUT2D eigenvalue weighted by Crippen LogP contribution is -2.13. The molecule has 15 nitrogen and oxygen atoms in total. The molecule has 4 heterocycles. The highest BCUT2D eigenvalue weighted by Crippen LogP contribution is 2.32. The molecule has 0 aliphatic heterocycles. The fourth-order valence-electron chi connectivity index (χ4n) is 4.78. The van der Waals surface area contributed by atoms with Crippen LogP contribution in [0.15, 0.2) is 71.2 Å². The molecule has 6 rings (SSSR count). The van der Waals surface area contributed by atoms with E-state index in [1.165, 1.54) is 40.6 Å². The molecule has 0 aliphatic carbocycles. The summed E-state index contributed by atoms with van der Waals surface area (Å²) in [7, 11) is 2.79. The molecule has 0 spiro atoms. The first-order valence-electron chi connectivity index (χ1n) is 14.1. The molecule has 0 amide bonds. The van der Waals surface area contributed by atoms with Gasteiger partial charge in [-0.25, -0.2) is 14.8 Å². The molecule has 4 aromatic heterocycles. The van der Waals surface area contributed by atoms with Crippen LogP contribution in [0.25, 0.3) is 22.1 Å². The Bertz CT molecular complexity index is 2030. The minimum atomic E-state index is -1.60. The average molecular weight is 693 g/mol. The van der Waals surface area contributed by atoms with Crippen molar-refractivity contribution in [3.63, 3.8) is 0 Å². The van der Waals surface area contributed by atoms with Gasteiger partial charge < -0.3 is 38.4 Å². The van der Waals surface area contributed by atoms with Crippen molar-refractivity contribution < 1.29 is 41.6 Å². The molecule has 0 saturated carbocycles. The van der Waals surface area contributed by atoms with Crippen molar-refractivity contribution in [1.29, 1.82) is 0 Å². The number of rotatable bonds is 12. The zero-order valence-corrected chi connectivity index (χ0v) is 27.6. The van der Waals surface area contributed by atoms with E-state index in [2.05, 4.69) is 29.9 Å². The Balaban J connectivity index is 1.11. The van der Waals surface area contributed by atoms with Gasteiger partial charge in [0, 0.05) is 36.7 Å². The predicted molar refractivity (Wildman–Crippen MR) is 174 cm³/mol. The third kappa shape index (κ3) is 6.77. The molecule has 2 unspecified atom stereocenters. The van der Waals surface area contributed by atoms with Crippen LogP contribution in [0.1, 0.15) is 11.4 Å². The highest BCUT2D eigenvalue weighted by molar-refractivity contribution is 7.84. The summed E-state index contributed by atoms with van der Waals surface area (Å²) in [5.74, 6) is 2.14. The van der Waals surface area contributed by atoms with E-state index < -0.39 is 27.8 Å². The molecule has 17 heteroatoms. The van der Waals surface area contributed by atoms with Crippen molar-refractivity contribution in [2.75, 3.05) is 28.4 Å². The summed E-state index contributed by atoms with van der Waals surface area (Å²) >= 11 is 0. The van der Waals surface area contributed by atoms with E-state index in [1.54, 1.807) is 48.8 Å². The van der Waals surface area contributed by atoms with E-state index >= 15 is 0 Å². The van der Waals surface area contributed by atoms with Gasteiger partial charge in [-0.05, 0) is 24.3 Å². The number of aromatic amines is 2. The molecule has 48 heavy (non-hydrogen) atoms. The van der Waals surface area contributed by atoms with Crippen molar-refractivity contribution in [2.45, 2.75) is 21.8 Å². The lowest BCUT2D eigenvalue weighted by molar-refractivity contribution is 0.152. The van der Waals surface area contributed by atoms with Crippen molar-refractivity contribution in [3.8, 4) is 34.5 Å². The van der Waals surface area contributed by atoms with Crippen LogP contribution in [0, 0.1) is 0 Å². The highest BCUT2D eigenvalue weighted by atomic mass is 32.2. The first kappa shape index (κ1) is 32.4. The number of nitrogens with one attached hydrogen (secondary N) is 2. The van der Waals surface area contributed by atoms with E-state index in [4.69, 9.17) is 28.4 Å². The maximum Gasteiger partial charge on any atom is 0.519 e. The van der Waals surface area contributed by atoms with Gasteiger partial charge in [-0.2, -0.15) is 0 Å². The van der Waals surface area contributed by atoms with Crippen molar-refractivity contribution >= 4 is 49.8 Å². The van der Waals surface area contributed by atoms with Crippen LogP contribution in [0.5, 0.6) is 34.5 Å². The number of carbonyl (C=O) groups excluding carboxylic acids is 1. The maximum absolute atomic E-state index is 13.1. The number of H-pyrrole nitrogens is 2. The van der Waals surface area contributed by atoms with Crippen LogP contribution >= 0.6 is 0 Å². The molecule has 0 saturated heterocycles. The summed E-state index contributed by atoms with van der Waals surface area (Å²) < 4.78 is 58.4. The molecule has 0 aliphatic rings. The van der Waals surface area contributed by atoms with Gasteiger partial charge in [-0.1, -0.05) is 0 Å². The Morgan fingerprint density at radius 1 is 0.646 bits per heavy atom. The lowest BCUT2D eigenvalue weighted by Gasteiger charge is -2.10. The summed E-state index contributed by atoms with van der Waals surface area (Å²) in [6.07, 6.45) is 2.10. The first-order valence-corrected chi connectivity index (χ1v) is 16.7. The van der Waals surface area contributed by atoms with Crippen LogP contribution in [-0.4, -0.2) is 72.9 Å². The van der Waals surface area contributed by atoms with Crippen LogP contribution in [-0.2, 0) is 33.1 Å². The fourth-order valence-corrected chi connectivity index (χ4v) is 6.81. The molecular formula is C31H28N6O9S2. The molecule has 0 fully saturated rings. The van der Waals surface area contributed by atoms with Gasteiger partial charge in [0.1, 0.15) is 11.5 Å². The van der Waals surface area contributed by atoms with Crippen LogP contribution in [0.2, 0.25) is 0 Å². The van der Waals surface area contributed by atoms with Gasteiger partial charge in [0.25, 0.3) is 0 Å². The van der Waals surface area contributed by atoms with E-state index in [9.17, 15) is 13.2 Å². The standard InChI is InChI=1S/C31H28N6O9S2/c1-41-25-9-11-32-23(27(25)43-3)15-47(39)29-34-19-7-5-17(13-21(19)36-29)45-31(38)46-18-6-8-20-22(14-18)37-30(35-20)48(40)16-24-28(44-4)26(42-2)10-12-33-24/h5-14H,15-16H2,1-4H3,(H,34,36)(H,35,37). The zero-order valence-electron chi connectivity index (χ0n) is 26.0. The van der Waals surface area contributed by atoms with Gasteiger partial charge >= 0.3 is 6.16 Å². The summed E-state index contributed by atoms with van der Waals surface area (Å²) in [4.78, 5) is 36.0. The minimum absolute atomic E-state index is 0.0299. The Morgan fingerprint density at radius 2 is 1.08 bits per heavy atom. The predicted octanol–water partition coefficient (Wildman–Crippen LogP) is 4.46. The third-order valence-corrected chi connectivity index (χ3v) is 9.29. The number of aromatic nitrogens is 6. The second-order valence-electron chi connectivity index (χ2n) is 9.86. The smallest absolute Gasteiger partial charge is 0.493 e. The SMILES string of the molecule is COc1ccnc(CS(=O)c2nc3ccc(OC(=O)Oc4ccc5nc(S(=O)Cc6nccc(OC)c6OC)[nH]c5c4)cc3[nH]2)c1OC. The molecule has 2 aromatic carbocycles. The number of imidazole rings is 2. The van der Waals surface area contributed by atoms with Crippen LogP contribution in [0.4, 0.5) is 4.79 Å². The summed E-state index contributed by atoms with van der Waals surface area (Å²) in [5, 5.41) is 0.423. The number of benzene rings is 2. The van der Waals surface area contributed by atoms with E-state index in [0.717, 1.165) is 0 Å². The molecule has 2 atom stereocenters. The van der Waals surface area contributed by atoms with Crippen molar-refractivity contribution in [1.82, 2.24) is 29.9 Å². The normalized spacial score (nSPS) is 12.4. The first-order chi connectivity index (χ1) is 23.3. The Morgan fingerprint density at radius 3 is 1.48 bits per heavy atom. The van der Waals surface area contributed by atoms with Crippen molar-refractivity contribution in [3.05, 3.63) is 72.3 Å². The number of pyridine rings is 2. The number of fused-ring (bicyclic) bond motifs is 2. The van der Waals surface area contributed by atoms with Gasteiger partial charge in [0.05, 0.1) is 95.0 Å². The minimum Gasteiger partial charge on any atom is -0.493 e. The van der Waals surface area contributed by atoms with E-state index in [-0.39, 0.29) is 33.3 Å². The highest BCUT2D eigenvalue weighted by Gasteiger charge is 2.20. The van der Waals surface area contributed by atoms with Crippen LogP contribution < -0.4 is 28.4 Å². The number of methoxy groups -OCH3 is 4. The molecular weight excluding hydrogens is 665 g/mol. The monoisotopic (exact) mass is 692 g/mol. The summed E-state index contributed by atoms with van der Waals surface area (Å²) in [6.45, 7) is 0. The fraction of sp³-hybridized carbons (Fsp3) is 0.194. The molecule has 0 bridgehead atoms. The van der Waals surface area contributed by atoms with Crippen molar-refractivity contribution in [2.24, 2.45) is 0 Å². The summed E-state index contributed by atoms with van der Waals surface area (Å²) in [5.41, 5.74) is 2.93. The number of carbonyl (C=O) groups is 1. The third-order valence-electron chi connectivity index (χ3n) is 6.96. The van der Waals surface area contributed by atoms with E-state index in [1.807, 2.05) is 0 Å². The molecule has 248 valence electrons. The average Bonchev–Trinajstić information content (AvgIpc) is 3.72. The second-order valence-corrected chi connectivity index (χ2v) is 12.6. The van der Waals surface area contributed by atoms with Gasteiger partial charge in [-0.15, -0.1) is 0 Å². The quantitative estimate of drug-likeness (QED) is 0.135. The number of nitrogens with zero attached hydrogens (tertiary/aromatic N) is 4. The maximum atomic E-state index is 13.1.